The van der Waals surface area contributed by atoms with Gasteiger partial charge >= 0.3 is 0 Å². The third-order valence-corrected chi connectivity index (χ3v) is 6.45. The second kappa shape index (κ2) is 7.93. The molecule has 2 saturated carbocycles. The van der Waals surface area contributed by atoms with E-state index in [4.69, 9.17) is 0 Å². The van der Waals surface area contributed by atoms with Crippen molar-refractivity contribution in [2.75, 3.05) is 5.75 Å². The Morgan fingerprint density at radius 3 is 2.53 bits per heavy atom. The molecule has 0 spiro atoms. The van der Waals surface area contributed by atoms with Crippen LogP contribution in [-0.4, -0.2) is 23.1 Å². The zero-order valence-electron chi connectivity index (χ0n) is 13.2. The molecule has 4 atom stereocenters. The first-order chi connectivity index (χ1) is 9.19. The van der Waals surface area contributed by atoms with Crippen LogP contribution in [0.5, 0.6) is 0 Å². The first-order valence-corrected chi connectivity index (χ1v) is 9.61. The minimum Gasteiger partial charge on any atom is -0.311 e. The van der Waals surface area contributed by atoms with Crippen LogP contribution in [-0.2, 0) is 0 Å². The predicted molar refractivity (Wildman–Crippen MR) is 87.9 cm³/mol. The summed E-state index contributed by atoms with van der Waals surface area (Å²) in [5.74, 6) is 3.16. The molecule has 1 N–H and O–H groups in total. The summed E-state index contributed by atoms with van der Waals surface area (Å²) in [5.41, 5.74) is 0. The van der Waals surface area contributed by atoms with Gasteiger partial charge in [-0.15, -0.1) is 0 Å². The van der Waals surface area contributed by atoms with E-state index < -0.39 is 0 Å². The maximum atomic E-state index is 3.99. The van der Waals surface area contributed by atoms with Gasteiger partial charge < -0.3 is 5.32 Å². The van der Waals surface area contributed by atoms with E-state index in [9.17, 15) is 0 Å². The fourth-order valence-corrected chi connectivity index (χ4v) is 5.12. The summed E-state index contributed by atoms with van der Waals surface area (Å²) >= 11 is 2.17. The van der Waals surface area contributed by atoms with Crippen LogP contribution in [0.25, 0.3) is 0 Å². The monoisotopic (exact) mass is 283 g/mol. The molecule has 0 bridgehead atoms. The molecule has 0 aliphatic heterocycles. The van der Waals surface area contributed by atoms with Crippen molar-refractivity contribution in [2.24, 2.45) is 11.8 Å². The van der Waals surface area contributed by atoms with Crippen LogP contribution < -0.4 is 5.32 Å². The Labute approximate surface area is 124 Å². The van der Waals surface area contributed by atoms with Crippen molar-refractivity contribution < 1.29 is 0 Å². The Hall–Kier alpha value is 0.310. The van der Waals surface area contributed by atoms with Gasteiger partial charge in [0.25, 0.3) is 0 Å². The van der Waals surface area contributed by atoms with E-state index in [-0.39, 0.29) is 0 Å². The summed E-state index contributed by atoms with van der Waals surface area (Å²) in [6.45, 7) is 7.10. The van der Waals surface area contributed by atoms with Crippen molar-refractivity contribution in [3.8, 4) is 0 Å². The van der Waals surface area contributed by atoms with Gasteiger partial charge in [-0.05, 0) is 56.1 Å². The van der Waals surface area contributed by atoms with E-state index in [2.05, 4.69) is 37.8 Å². The molecule has 1 nitrogen and oxygen atoms in total. The molecule has 0 heterocycles. The molecule has 0 radical (unpaired) electrons. The number of thioether (sulfide) groups is 1. The first kappa shape index (κ1) is 15.7. The molecule has 0 aromatic heterocycles. The predicted octanol–water partition coefficient (Wildman–Crippen LogP) is 4.86. The van der Waals surface area contributed by atoms with Gasteiger partial charge in [0.2, 0.25) is 0 Å². The lowest BCUT2D eigenvalue weighted by molar-refractivity contribution is 0.333. The summed E-state index contributed by atoms with van der Waals surface area (Å²) in [7, 11) is 0. The summed E-state index contributed by atoms with van der Waals surface area (Å²) < 4.78 is 0. The Balaban J connectivity index is 1.71. The minimum atomic E-state index is 0.819. The van der Waals surface area contributed by atoms with Crippen molar-refractivity contribution in [3.63, 3.8) is 0 Å². The highest BCUT2D eigenvalue weighted by molar-refractivity contribution is 7.99. The number of rotatable bonds is 5. The van der Waals surface area contributed by atoms with Crippen molar-refractivity contribution in [1.29, 1.82) is 0 Å². The number of hydrogen-bond donors (Lipinski definition) is 1. The molecule has 2 rings (SSSR count). The van der Waals surface area contributed by atoms with Crippen LogP contribution in [0.15, 0.2) is 0 Å². The molecule has 2 fully saturated rings. The molecule has 0 amide bonds. The topological polar surface area (TPSA) is 12.0 Å². The maximum Gasteiger partial charge on any atom is 0.00805 e. The lowest BCUT2D eigenvalue weighted by Gasteiger charge is -2.22. The highest BCUT2D eigenvalue weighted by Gasteiger charge is 2.27. The van der Waals surface area contributed by atoms with Gasteiger partial charge in [0.15, 0.2) is 0 Å². The Morgan fingerprint density at radius 2 is 1.79 bits per heavy atom. The summed E-state index contributed by atoms with van der Waals surface area (Å²) in [6, 6.07) is 1.64. The van der Waals surface area contributed by atoms with Gasteiger partial charge in [-0.25, -0.2) is 0 Å². The normalized spacial score (nSPS) is 36.6. The number of hydrogen-bond acceptors (Lipinski definition) is 2. The quantitative estimate of drug-likeness (QED) is 0.724. The van der Waals surface area contributed by atoms with E-state index in [1.165, 1.54) is 57.1 Å². The van der Waals surface area contributed by atoms with Crippen LogP contribution >= 0.6 is 11.8 Å². The van der Waals surface area contributed by atoms with Gasteiger partial charge in [-0.1, -0.05) is 33.6 Å². The van der Waals surface area contributed by atoms with Crippen LogP contribution in [0.3, 0.4) is 0 Å². The molecule has 4 unspecified atom stereocenters. The van der Waals surface area contributed by atoms with E-state index in [1.54, 1.807) is 0 Å². The van der Waals surface area contributed by atoms with Gasteiger partial charge in [-0.3, -0.25) is 0 Å². The molecular weight excluding hydrogens is 250 g/mol. The second-order valence-corrected chi connectivity index (χ2v) is 8.54. The summed E-state index contributed by atoms with van der Waals surface area (Å²) in [4.78, 5) is 0. The van der Waals surface area contributed by atoms with Crippen molar-refractivity contribution in [3.05, 3.63) is 0 Å². The molecular formula is C17H33NS. The molecule has 112 valence electrons. The fourth-order valence-electron chi connectivity index (χ4n) is 3.98. The molecule has 0 saturated heterocycles. The van der Waals surface area contributed by atoms with E-state index >= 15 is 0 Å². The highest BCUT2D eigenvalue weighted by atomic mass is 32.2. The lowest BCUT2D eigenvalue weighted by Crippen LogP contribution is -2.36. The Morgan fingerprint density at radius 1 is 1.00 bits per heavy atom. The molecule has 19 heavy (non-hydrogen) atoms. The second-order valence-electron chi connectivity index (χ2n) is 6.96. The van der Waals surface area contributed by atoms with E-state index in [0.29, 0.717) is 0 Å². The van der Waals surface area contributed by atoms with E-state index in [1.807, 2.05) is 0 Å². The van der Waals surface area contributed by atoms with Crippen LogP contribution in [0.2, 0.25) is 0 Å². The van der Waals surface area contributed by atoms with Crippen molar-refractivity contribution in [1.82, 2.24) is 5.32 Å². The molecule has 2 heteroatoms. The van der Waals surface area contributed by atoms with Crippen LogP contribution in [0.4, 0.5) is 0 Å². The van der Waals surface area contributed by atoms with Gasteiger partial charge in [-0.2, -0.15) is 11.8 Å². The van der Waals surface area contributed by atoms with E-state index in [0.717, 1.165) is 29.2 Å². The minimum absolute atomic E-state index is 0.819. The smallest absolute Gasteiger partial charge is 0.00805 e. The third-order valence-electron chi connectivity index (χ3n) is 5.21. The molecule has 2 aliphatic carbocycles. The first-order valence-electron chi connectivity index (χ1n) is 8.56. The standard InChI is InChI=1S/C17H33NS/c1-4-19-17-11-10-16(12-17)18-15-7-5-6-14(8-9-15)13(2)3/h13-18H,4-12H2,1-3H3. The zero-order valence-corrected chi connectivity index (χ0v) is 14.0. The lowest BCUT2D eigenvalue weighted by atomic mass is 9.89. The van der Waals surface area contributed by atoms with Gasteiger partial charge in [0, 0.05) is 17.3 Å². The average Bonchev–Trinajstić information content (AvgIpc) is 2.67. The zero-order chi connectivity index (χ0) is 13.7. The molecule has 2 aliphatic rings. The average molecular weight is 284 g/mol. The van der Waals surface area contributed by atoms with Gasteiger partial charge in [0.1, 0.15) is 0 Å². The summed E-state index contributed by atoms with van der Waals surface area (Å²) in [6.07, 6.45) is 11.5. The van der Waals surface area contributed by atoms with Gasteiger partial charge in [0.05, 0.1) is 0 Å². The summed E-state index contributed by atoms with van der Waals surface area (Å²) in [5, 5.41) is 4.93. The molecule has 0 aromatic carbocycles. The van der Waals surface area contributed by atoms with Crippen LogP contribution in [0.1, 0.15) is 72.1 Å². The number of nitrogens with one attached hydrogen (secondary N) is 1. The van der Waals surface area contributed by atoms with Crippen LogP contribution in [0, 0.1) is 11.8 Å². The van der Waals surface area contributed by atoms with Crippen molar-refractivity contribution >= 4 is 11.8 Å². The third kappa shape index (κ3) is 4.97. The molecule has 0 aromatic rings. The largest absolute Gasteiger partial charge is 0.311 e. The fraction of sp³-hybridized carbons (Fsp3) is 1.00. The van der Waals surface area contributed by atoms with Crippen molar-refractivity contribution in [2.45, 2.75) is 89.5 Å². The maximum absolute atomic E-state index is 3.99. The Kier molecular flexibility index (Phi) is 6.55. The Bertz CT molecular complexity index is 254. The highest BCUT2D eigenvalue weighted by Crippen LogP contribution is 2.32. The SMILES string of the molecule is CCSC1CCC(NC2CCCC(C(C)C)CC2)C1.